The summed E-state index contributed by atoms with van der Waals surface area (Å²) in [5, 5.41) is 8.74. The lowest BCUT2D eigenvalue weighted by molar-refractivity contribution is 0.0963. The molecule has 152 valence electrons. The number of pyridine rings is 1. The van der Waals surface area contributed by atoms with Crippen LogP contribution in [-0.4, -0.2) is 37.5 Å². The number of benzene rings is 2. The number of amides is 1. The van der Waals surface area contributed by atoms with Gasteiger partial charge in [-0.15, -0.1) is 0 Å². The molecule has 0 aliphatic rings. The zero-order valence-corrected chi connectivity index (χ0v) is 17.3. The van der Waals surface area contributed by atoms with Crippen molar-refractivity contribution >= 4 is 34.2 Å². The molecule has 5 aromatic rings. The maximum absolute atomic E-state index is 11.9. The predicted octanol–water partition coefficient (Wildman–Crippen LogP) is 3.94. The quantitative estimate of drug-likeness (QED) is 0.468. The highest BCUT2D eigenvalue weighted by Gasteiger charge is 2.13. The minimum absolute atomic E-state index is 0.236. The van der Waals surface area contributed by atoms with Crippen LogP contribution in [0, 0.1) is 0 Å². The third kappa shape index (κ3) is 3.60. The molecule has 0 saturated heterocycles. The number of hydrogen-bond donors (Lipinski definition) is 1. The van der Waals surface area contributed by atoms with E-state index in [9.17, 15) is 4.79 Å². The minimum atomic E-state index is -0.236. The van der Waals surface area contributed by atoms with Crippen LogP contribution in [0.2, 0.25) is 5.02 Å². The van der Waals surface area contributed by atoms with Crippen LogP contribution in [-0.2, 0) is 6.42 Å². The molecule has 3 aromatic heterocycles. The van der Waals surface area contributed by atoms with Crippen molar-refractivity contribution in [2.45, 2.75) is 6.42 Å². The Morgan fingerprint density at radius 2 is 1.94 bits per heavy atom. The number of rotatable bonds is 4. The van der Waals surface area contributed by atoms with Crippen molar-refractivity contribution in [3.8, 4) is 11.3 Å². The molecule has 2 aromatic carbocycles. The first-order valence-electron chi connectivity index (χ1n) is 9.68. The Morgan fingerprint density at radius 1 is 1.06 bits per heavy atom. The topological polar surface area (TPSA) is 85.1 Å². The minimum Gasteiger partial charge on any atom is -0.355 e. The van der Waals surface area contributed by atoms with Crippen LogP contribution in [0.4, 0.5) is 0 Å². The summed E-state index contributed by atoms with van der Waals surface area (Å²) in [5.74, 6) is 0.287. The highest BCUT2D eigenvalue weighted by molar-refractivity contribution is 6.34. The van der Waals surface area contributed by atoms with E-state index >= 15 is 0 Å². The van der Waals surface area contributed by atoms with E-state index in [0.29, 0.717) is 28.5 Å². The molecular formula is C23H17ClN6O. The number of carbonyl (C=O) groups excluding carboxylic acids is 1. The summed E-state index contributed by atoms with van der Waals surface area (Å²) >= 11 is 6.30. The Hall–Kier alpha value is -3.84. The number of aromatic nitrogens is 5. The van der Waals surface area contributed by atoms with Gasteiger partial charge in [-0.05, 0) is 35.9 Å². The summed E-state index contributed by atoms with van der Waals surface area (Å²) in [5.41, 5.74) is 4.83. The lowest BCUT2D eigenvalue weighted by Gasteiger charge is -2.07. The highest BCUT2D eigenvalue weighted by atomic mass is 35.5. The normalized spacial score (nSPS) is 11.2. The molecule has 0 bridgehead atoms. The van der Waals surface area contributed by atoms with Crippen molar-refractivity contribution < 1.29 is 4.79 Å². The lowest BCUT2D eigenvalue weighted by Crippen LogP contribution is -2.18. The Labute approximate surface area is 182 Å². The second kappa shape index (κ2) is 7.77. The van der Waals surface area contributed by atoms with Gasteiger partial charge in [0.2, 0.25) is 0 Å². The second-order valence-corrected chi connectivity index (χ2v) is 7.49. The number of hydrogen-bond acceptors (Lipinski definition) is 5. The van der Waals surface area contributed by atoms with Gasteiger partial charge >= 0.3 is 0 Å². The smallest absolute Gasteiger partial charge is 0.252 e. The number of nitrogens with zero attached hydrogens (tertiary/aromatic N) is 5. The monoisotopic (exact) mass is 428 g/mol. The van der Waals surface area contributed by atoms with Crippen molar-refractivity contribution in [3.05, 3.63) is 89.0 Å². The van der Waals surface area contributed by atoms with Crippen LogP contribution in [0.3, 0.4) is 0 Å². The van der Waals surface area contributed by atoms with Gasteiger partial charge in [0.05, 0.1) is 34.2 Å². The summed E-state index contributed by atoms with van der Waals surface area (Å²) in [6, 6.07) is 15.4. The second-order valence-electron chi connectivity index (χ2n) is 7.09. The van der Waals surface area contributed by atoms with E-state index in [1.54, 1.807) is 48.4 Å². The predicted molar refractivity (Wildman–Crippen MR) is 119 cm³/mol. The lowest BCUT2D eigenvalue weighted by atomic mass is 10.1. The molecule has 8 heteroatoms. The van der Waals surface area contributed by atoms with Crippen molar-refractivity contribution in [3.63, 3.8) is 0 Å². The standard InChI is InChI=1S/C23H17ClN6O/c1-25-22(31)18-6-5-16(11-19(18)24)21-13-28-23-27-12-17(30(23)29-21)10-14-4-7-20-15(9-14)3-2-8-26-20/h2-9,11-13H,10H2,1H3,(H,25,31). The van der Waals surface area contributed by atoms with Crippen LogP contribution >= 0.6 is 11.6 Å². The molecule has 1 N–H and O–H groups in total. The Kier molecular flexibility index (Phi) is 4.80. The molecule has 31 heavy (non-hydrogen) atoms. The van der Waals surface area contributed by atoms with Crippen molar-refractivity contribution in [1.82, 2.24) is 29.9 Å². The van der Waals surface area contributed by atoms with Gasteiger partial charge in [0.1, 0.15) is 5.69 Å². The molecular weight excluding hydrogens is 412 g/mol. The van der Waals surface area contributed by atoms with Crippen molar-refractivity contribution in [2.75, 3.05) is 7.05 Å². The van der Waals surface area contributed by atoms with Gasteiger partial charge in [-0.2, -0.15) is 5.10 Å². The molecule has 7 nitrogen and oxygen atoms in total. The van der Waals surface area contributed by atoms with Gasteiger partial charge in [0.15, 0.2) is 0 Å². The van der Waals surface area contributed by atoms with Crippen LogP contribution in [0.15, 0.2) is 67.1 Å². The third-order valence-corrected chi connectivity index (χ3v) is 5.40. The zero-order chi connectivity index (χ0) is 21.4. The van der Waals surface area contributed by atoms with Gasteiger partial charge in [0, 0.05) is 30.6 Å². The first-order valence-corrected chi connectivity index (χ1v) is 10.1. The van der Waals surface area contributed by atoms with Crippen LogP contribution < -0.4 is 5.32 Å². The van der Waals surface area contributed by atoms with Gasteiger partial charge in [-0.25, -0.2) is 14.5 Å². The van der Waals surface area contributed by atoms with E-state index < -0.39 is 0 Å². The van der Waals surface area contributed by atoms with Crippen molar-refractivity contribution in [1.29, 1.82) is 0 Å². The fraction of sp³-hybridized carbons (Fsp3) is 0.0870. The zero-order valence-electron chi connectivity index (χ0n) is 16.6. The maximum Gasteiger partial charge on any atom is 0.252 e. The molecule has 1 amide bonds. The molecule has 5 rings (SSSR count). The molecule has 3 heterocycles. The van der Waals surface area contributed by atoms with E-state index in [2.05, 4.69) is 32.4 Å². The number of carbonyl (C=O) groups is 1. The number of halogens is 1. The van der Waals surface area contributed by atoms with E-state index in [-0.39, 0.29) is 5.91 Å². The van der Waals surface area contributed by atoms with Gasteiger partial charge in [0.25, 0.3) is 11.7 Å². The molecule has 0 radical (unpaired) electrons. The summed E-state index contributed by atoms with van der Waals surface area (Å²) < 4.78 is 1.74. The molecule has 0 aliphatic heterocycles. The summed E-state index contributed by atoms with van der Waals surface area (Å²) in [6.45, 7) is 0. The third-order valence-electron chi connectivity index (χ3n) is 5.09. The van der Waals surface area contributed by atoms with E-state index in [0.717, 1.165) is 27.7 Å². The molecule has 0 fully saturated rings. The summed E-state index contributed by atoms with van der Waals surface area (Å²) in [7, 11) is 1.57. The highest BCUT2D eigenvalue weighted by Crippen LogP contribution is 2.25. The molecule has 0 unspecified atom stereocenters. The van der Waals surface area contributed by atoms with Gasteiger partial charge in [-0.3, -0.25) is 9.78 Å². The van der Waals surface area contributed by atoms with E-state index in [1.807, 2.05) is 18.2 Å². The van der Waals surface area contributed by atoms with Crippen LogP contribution in [0.1, 0.15) is 21.6 Å². The molecule has 0 aliphatic carbocycles. The maximum atomic E-state index is 11.9. The fourth-order valence-electron chi connectivity index (χ4n) is 3.51. The average molecular weight is 429 g/mol. The Bertz CT molecular complexity index is 1450. The molecule has 0 saturated carbocycles. The van der Waals surface area contributed by atoms with E-state index in [4.69, 9.17) is 16.7 Å². The van der Waals surface area contributed by atoms with Crippen LogP contribution in [0.25, 0.3) is 27.9 Å². The summed E-state index contributed by atoms with van der Waals surface area (Å²) in [4.78, 5) is 25.1. The van der Waals surface area contributed by atoms with Gasteiger partial charge in [-0.1, -0.05) is 29.8 Å². The largest absolute Gasteiger partial charge is 0.355 e. The average Bonchev–Trinajstić information content (AvgIpc) is 3.20. The number of imidazole rings is 1. The Morgan fingerprint density at radius 3 is 2.77 bits per heavy atom. The SMILES string of the molecule is CNC(=O)c1ccc(-c2cnc3ncc(Cc4ccc5ncccc5c4)n3n2)cc1Cl. The van der Waals surface area contributed by atoms with E-state index in [1.165, 1.54) is 0 Å². The summed E-state index contributed by atoms with van der Waals surface area (Å²) in [6.07, 6.45) is 5.88. The number of nitrogens with one attached hydrogen (secondary N) is 1. The molecule has 0 spiro atoms. The fourth-order valence-corrected chi connectivity index (χ4v) is 3.78. The van der Waals surface area contributed by atoms with Gasteiger partial charge < -0.3 is 5.32 Å². The first-order chi connectivity index (χ1) is 15.1. The van der Waals surface area contributed by atoms with Crippen LogP contribution in [0.5, 0.6) is 0 Å². The first kappa shape index (κ1) is 19.1. The Balaban J connectivity index is 1.51. The molecule has 0 atom stereocenters. The van der Waals surface area contributed by atoms with Crippen molar-refractivity contribution in [2.24, 2.45) is 0 Å². The number of fused-ring (bicyclic) bond motifs is 2.